The molecule has 0 N–H and O–H groups in total. The van der Waals surface area contributed by atoms with Crippen LogP contribution in [-0.4, -0.2) is 33.1 Å². The second-order valence-electron chi connectivity index (χ2n) is 7.11. The van der Waals surface area contributed by atoms with Crippen molar-refractivity contribution in [3.8, 4) is 11.5 Å². The summed E-state index contributed by atoms with van der Waals surface area (Å²) in [5.74, 6) is 1.52. The molecule has 0 aliphatic heterocycles. The molecule has 0 saturated heterocycles. The van der Waals surface area contributed by atoms with Crippen molar-refractivity contribution in [3.63, 3.8) is 0 Å². The highest BCUT2D eigenvalue weighted by Crippen LogP contribution is 2.33. The summed E-state index contributed by atoms with van der Waals surface area (Å²) >= 11 is 0. The lowest BCUT2D eigenvalue weighted by molar-refractivity contribution is -0.140. The van der Waals surface area contributed by atoms with Gasteiger partial charge >= 0.3 is 5.97 Å². The van der Waals surface area contributed by atoms with Crippen molar-refractivity contribution in [1.29, 1.82) is 0 Å². The summed E-state index contributed by atoms with van der Waals surface area (Å²) in [6.07, 6.45) is 12.3. The smallest absolute Gasteiger partial charge is 0.305 e. The van der Waals surface area contributed by atoms with Crippen LogP contribution in [0, 0.1) is 0 Å². The summed E-state index contributed by atoms with van der Waals surface area (Å²) in [7, 11) is 4.71. The molecular formula is C24H36O5. The van der Waals surface area contributed by atoms with E-state index in [0.717, 1.165) is 74.0 Å². The van der Waals surface area contributed by atoms with Crippen molar-refractivity contribution < 1.29 is 23.8 Å². The Hall–Kier alpha value is -2.30. The van der Waals surface area contributed by atoms with E-state index in [2.05, 4.69) is 11.7 Å². The number of allylic oxidation sites excluding steroid dienone is 1. The number of carbonyl (C=O) groups excluding carboxylic acids is 2. The summed E-state index contributed by atoms with van der Waals surface area (Å²) in [6, 6.07) is 3.78. The highest BCUT2D eigenvalue weighted by molar-refractivity contribution is 5.94. The molecule has 162 valence electrons. The van der Waals surface area contributed by atoms with E-state index in [-0.39, 0.29) is 11.8 Å². The third kappa shape index (κ3) is 9.16. The highest BCUT2D eigenvalue weighted by atomic mass is 16.5. The van der Waals surface area contributed by atoms with Gasteiger partial charge in [0.05, 0.1) is 21.3 Å². The van der Waals surface area contributed by atoms with Crippen LogP contribution in [0.2, 0.25) is 0 Å². The van der Waals surface area contributed by atoms with Gasteiger partial charge in [-0.1, -0.05) is 32.6 Å². The SMILES string of the molecule is CCCCCC(=O)C=Cc1c(OC)ccc(OC)c1CCCCCCC(=O)OC. The number of ketones is 1. The van der Waals surface area contributed by atoms with Gasteiger partial charge in [0.15, 0.2) is 5.78 Å². The molecule has 1 rings (SSSR count). The number of unbranched alkanes of at least 4 members (excludes halogenated alkanes) is 5. The minimum absolute atomic E-state index is 0.136. The van der Waals surface area contributed by atoms with Crippen LogP contribution in [0.3, 0.4) is 0 Å². The molecule has 0 aliphatic rings. The van der Waals surface area contributed by atoms with Gasteiger partial charge in [0.25, 0.3) is 0 Å². The first kappa shape index (κ1) is 24.7. The maximum absolute atomic E-state index is 12.2. The number of hydrogen-bond acceptors (Lipinski definition) is 5. The van der Waals surface area contributed by atoms with E-state index in [9.17, 15) is 9.59 Å². The number of esters is 1. The average Bonchev–Trinajstić information content (AvgIpc) is 2.74. The van der Waals surface area contributed by atoms with Gasteiger partial charge in [0, 0.05) is 24.0 Å². The summed E-state index contributed by atoms with van der Waals surface area (Å²) in [5.41, 5.74) is 1.96. The number of ether oxygens (including phenoxy) is 3. The van der Waals surface area contributed by atoms with Crippen molar-refractivity contribution in [1.82, 2.24) is 0 Å². The van der Waals surface area contributed by atoms with Crippen LogP contribution in [0.15, 0.2) is 18.2 Å². The molecule has 5 nitrogen and oxygen atoms in total. The first-order valence-corrected chi connectivity index (χ1v) is 10.6. The molecule has 1 aromatic carbocycles. The Kier molecular flexibility index (Phi) is 12.5. The fourth-order valence-electron chi connectivity index (χ4n) is 3.27. The number of rotatable bonds is 15. The Labute approximate surface area is 175 Å². The molecular weight excluding hydrogens is 368 g/mol. The predicted molar refractivity (Wildman–Crippen MR) is 117 cm³/mol. The van der Waals surface area contributed by atoms with Gasteiger partial charge in [-0.25, -0.2) is 0 Å². The summed E-state index contributed by atoms with van der Waals surface area (Å²) in [5, 5.41) is 0. The van der Waals surface area contributed by atoms with Crippen LogP contribution in [0.4, 0.5) is 0 Å². The Balaban J connectivity index is 2.80. The largest absolute Gasteiger partial charge is 0.496 e. The Morgan fingerprint density at radius 2 is 1.52 bits per heavy atom. The first-order valence-electron chi connectivity index (χ1n) is 10.6. The molecule has 0 bridgehead atoms. The molecule has 1 aromatic rings. The zero-order valence-electron chi connectivity index (χ0n) is 18.4. The minimum atomic E-state index is -0.157. The zero-order valence-corrected chi connectivity index (χ0v) is 18.4. The molecule has 0 unspecified atom stereocenters. The van der Waals surface area contributed by atoms with Crippen molar-refractivity contribution >= 4 is 17.8 Å². The summed E-state index contributed by atoms with van der Waals surface area (Å²) in [4.78, 5) is 23.4. The molecule has 0 amide bonds. The van der Waals surface area contributed by atoms with E-state index in [1.807, 2.05) is 18.2 Å². The van der Waals surface area contributed by atoms with Crippen LogP contribution in [0.1, 0.15) is 75.8 Å². The van der Waals surface area contributed by atoms with E-state index in [1.54, 1.807) is 20.3 Å². The number of carbonyl (C=O) groups is 2. The fraction of sp³-hybridized carbons (Fsp3) is 0.583. The number of benzene rings is 1. The third-order valence-corrected chi connectivity index (χ3v) is 4.96. The van der Waals surface area contributed by atoms with Crippen LogP contribution < -0.4 is 9.47 Å². The zero-order chi connectivity index (χ0) is 21.5. The lowest BCUT2D eigenvalue weighted by Gasteiger charge is -2.15. The van der Waals surface area contributed by atoms with Gasteiger partial charge in [0.1, 0.15) is 11.5 Å². The van der Waals surface area contributed by atoms with Crippen LogP contribution in [-0.2, 0) is 20.7 Å². The number of hydrogen-bond donors (Lipinski definition) is 0. The number of methoxy groups -OCH3 is 3. The summed E-state index contributed by atoms with van der Waals surface area (Å²) < 4.78 is 15.8. The lowest BCUT2D eigenvalue weighted by atomic mass is 9.97. The maximum atomic E-state index is 12.2. The van der Waals surface area contributed by atoms with Crippen LogP contribution in [0.5, 0.6) is 11.5 Å². The molecule has 5 heteroatoms. The van der Waals surface area contributed by atoms with Gasteiger partial charge < -0.3 is 14.2 Å². The molecule has 0 spiro atoms. The Morgan fingerprint density at radius 3 is 2.17 bits per heavy atom. The van der Waals surface area contributed by atoms with E-state index in [1.165, 1.54) is 7.11 Å². The first-order chi connectivity index (χ1) is 14.1. The Bertz CT molecular complexity index is 663. The second kappa shape index (κ2) is 14.7. The molecule has 0 fully saturated rings. The molecule has 0 radical (unpaired) electrons. The van der Waals surface area contributed by atoms with Gasteiger partial charge in [0.2, 0.25) is 0 Å². The molecule has 0 atom stereocenters. The van der Waals surface area contributed by atoms with E-state index >= 15 is 0 Å². The second-order valence-corrected chi connectivity index (χ2v) is 7.11. The normalized spacial score (nSPS) is 10.9. The van der Waals surface area contributed by atoms with Crippen molar-refractivity contribution in [2.45, 2.75) is 71.1 Å². The van der Waals surface area contributed by atoms with E-state index in [4.69, 9.17) is 9.47 Å². The molecule has 0 aliphatic carbocycles. The van der Waals surface area contributed by atoms with Gasteiger partial charge in [-0.2, -0.15) is 0 Å². The molecule has 29 heavy (non-hydrogen) atoms. The van der Waals surface area contributed by atoms with E-state index < -0.39 is 0 Å². The van der Waals surface area contributed by atoms with E-state index in [0.29, 0.717) is 12.8 Å². The van der Waals surface area contributed by atoms with Crippen LogP contribution in [0.25, 0.3) is 6.08 Å². The van der Waals surface area contributed by atoms with Crippen LogP contribution >= 0.6 is 0 Å². The van der Waals surface area contributed by atoms with Gasteiger partial charge in [-0.05, 0) is 50.0 Å². The molecule has 0 heterocycles. The monoisotopic (exact) mass is 404 g/mol. The van der Waals surface area contributed by atoms with Crippen molar-refractivity contribution in [2.24, 2.45) is 0 Å². The lowest BCUT2D eigenvalue weighted by Crippen LogP contribution is -2.01. The molecule has 0 saturated carbocycles. The summed E-state index contributed by atoms with van der Waals surface area (Å²) in [6.45, 7) is 2.13. The highest BCUT2D eigenvalue weighted by Gasteiger charge is 2.13. The van der Waals surface area contributed by atoms with Gasteiger partial charge in [-0.3, -0.25) is 9.59 Å². The van der Waals surface area contributed by atoms with Gasteiger partial charge in [-0.15, -0.1) is 0 Å². The fourth-order valence-corrected chi connectivity index (χ4v) is 3.27. The van der Waals surface area contributed by atoms with Crippen molar-refractivity contribution in [3.05, 3.63) is 29.3 Å². The average molecular weight is 405 g/mol. The Morgan fingerprint density at radius 1 is 0.862 bits per heavy atom. The topological polar surface area (TPSA) is 61.8 Å². The molecule has 0 aromatic heterocycles. The minimum Gasteiger partial charge on any atom is -0.496 e. The third-order valence-electron chi connectivity index (χ3n) is 4.96. The predicted octanol–water partition coefficient (Wildman–Crippen LogP) is 5.53. The maximum Gasteiger partial charge on any atom is 0.305 e. The standard InChI is InChI=1S/C24H36O5/c1-5-6-9-12-19(25)15-16-21-20(22(27-2)17-18-23(21)28-3)13-10-7-8-11-14-24(26)29-4/h15-18H,5-14H2,1-4H3. The van der Waals surface area contributed by atoms with Crippen molar-refractivity contribution in [2.75, 3.05) is 21.3 Å². The quantitative estimate of drug-likeness (QED) is 0.218.